The van der Waals surface area contributed by atoms with E-state index in [0.717, 1.165) is 62.4 Å². The van der Waals surface area contributed by atoms with Crippen molar-refractivity contribution in [3.05, 3.63) is 59.4 Å². The monoisotopic (exact) mass is 477 g/mol. The summed E-state index contributed by atoms with van der Waals surface area (Å²) in [5.41, 5.74) is 2.10. The summed E-state index contributed by atoms with van der Waals surface area (Å²) in [5.74, 6) is 1.08. The van der Waals surface area contributed by atoms with Gasteiger partial charge in [-0.05, 0) is 55.3 Å². The first-order valence-electron chi connectivity index (χ1n) is 13.1. The van der Waals surface area contributed by atoms with Gasteiger partial charge in [0, 0.05) is 55.9 Å². The Morgan fingerprint density at radius 3 is 2.40 bits per heavy atom. The van der Waals surface area contributed by atoms with Gasteiger partial charge in [-0.2, -0.15) is 0 Å². The van der Waals surface area contributed by atoms with Gasteiger partial charge in [-0.25, -0.2) is 0 Å². The molecule has 3 aliphatic heterocycles. The molecule has 6 heteroatoms. The fourth-order valence-electron chi connectivity index (χ4n) is 6.63. The molecule has 6 nitrogen and oxygen atoms in total. The highest BCUT2D eigenvalue weighted by Crippen LogP contribution is 2.50. The third kappa shape index (κ3) is 4.20. The molecule has 0 bridgehead atoms. The molecule has 2 aromatic rings. The van der Waals surface area contributed by atoms with Crippen molar-refractivity contribution in [1.29, 1.82) is 0 Å². The Hall–Kier alpha value is -2.28. The molecule has 2 unspecified atom stereocenters. The van der Waals surface area contributed by atoms with Crippen molar-refractivity contribution in [3.8, 4) is 0 Å². The number of hydrogen-bond acceptors (Lipinski definition) is 5. The molecule has 5 rings (SSSR count). The molecule has 1 aromatic heterocycles. The zero-order valence-electron chi connectivity index (χ0n) is 21.5. The molecule has 3 saturated heterocycles. The summed E-state index contributed by atoms with van der Waals surface area (Å²) in [5, 5.41) is 12.5. The van der Waals surface area contributed by atoms with E-state index in [1.54, 1.807) is 12.4 Å². The quantitative estimate of drug-likeness (QED) is 0.676. The van der Waals surface area contributed by atoms with Crippen LogP contribution in [-0.4, -0.2) is 60.8 Å². The van der Waals surface area contributed by atoms with Crippen molar-refractivity contribution in [2.24, 2.45) is 17.3 Å². The van der Waals surface area contributed by atoms with Crippen LogP contribution in [0.15, 0.2) is 42.7 Å². The van der Waals surface area contributed by atoms with Crippen LogP contribution in [0, 0.1) is 17.3 Å². The first-order valence-corrected chi connectivity index (χ1v) is 13.1. The van der Waals surface area contributed by atoms with Gasteiger partial charge in [-0.15, -0.1) is 0 Å². The number of anilines is 1. The standard InChI is InChI=1S/C29H39N3O3/c1-20(2)21-5-7-23(8-6-21)29(34,28(3)18-31(4)19-28)24-15-25(17-30-16-24)32-12-9-26(27(32)33)22-10-13-35-14-11-22/h5-8,15-17,20,22,26,34H,9-14,18-19H2,1-4H3. The normalized spacial score (nSPS) is 25.0. The van der Waals surface area contributed by atoms with Gasteiger partial charge >= 0.3 is 0 Å². The topological polar surface area (TPSA) is 65.9 Å². The molecule has 0 aliphatic carbocycles. The first kappa shape index (κ1) is 24.4. The second kappa shape index (κ2) is 9.30. The van der Waals surface area contributed by atoms with Gasteiger partial charge in [0.25, 0.3) is 0 Å². The Kier molecular flexibility index (Phi) is 6.49. The fraction of sp³-hybridized carbons (Fsp3) is 0.586. The average Bonchev–Trinajstić information content (AvgIpc) is 3.24. The number of benzene rings is 1. The van der Waals surface area contributed by atoms with Crippen LogP contribution in [0.2, 0.25) is 0 Å². The number of likely N-dealkylation sites (tertiary alicyclic amines) is 1. The minimum Gasteiger partial charge on any atom is -0.381 e. The van der Waals surface area contributed by atoms with Crippen LogP contribution in [0.5, 0.6) is 0 Å². The molecule has 1 aromatic carbocycles. The number of pyridine rings is 1. The van der Waals surface area contributed by atoms with Crippen molar-refractivity contribution in [2.45, 2.75) is 51.6 Å². The molecule has 3 aliphatic rings. The van der Waals surface area contributed by atoms with Gasteiger partial charge in [0.05, 0.1) is 11.9 Å². The van der Waals surface area contributed by atoms with Crippen LogP contribution in [-0.2, 0) is 15.1 Å². The van der Waals surface area contributed by atoms with Crippen molar-refractivity contribution in [2.75, 3.05) is 44.8 Å². The maximum absolute atomic E-state index is 13.4. The predicted molar refractivity (Wildman–Crippen MR) is 137 cm³/mol. The lowest BCUT2D eigenvalue weighted by molar-refractivity contribution is -0.127. The number of aliphatic hydroxyl groups is 1. The van der Waals surface area contributed by atoms with Gasteiger partial charge in [0.15, 0.2) is 0 Å². The number of nitrogens with zero attached hydrogens (tertiary/aromatic N) is 3. The molecular formula is C29H39N3O3. The molecule has 188 valence electrons. The SMILES string of the molecule is CC(C)c1ccc(C(O)(c2cncc(N3CCC(C4CCOCC4)C3=O)c2)C2(C)CN(C)C2)cc1. The summed E-state index contributed by atoms with van der Waals surface area (Å²) < 4.78 is 5.51. The minimum atomic E-state index is -1.21. The molecule has 0 radical (unpaired) electrons. The second-order valence-corrected chi connectivity index (χ2v) is 11.5. The first-order chi connectivity index (χ1) is 16.7. The van der Waals surface area contributed by atoms with Crippen LogP contribution in [0.3, 0.4) is 0 Å². The third-order valence-electron chi connectivity index (χ3n) is 8.64. The highest BCUT2D eigenvalue weighted by Gasteiger charge is 2.55. The van der Waals surface area contributed by atoms with Crippen molar-refractivity contribution >= 4 is 11.6 Å². The largest absolute Gasteiger partial charge is 0.381 e. The van der Waals surface area contributed by atoms with E-state index in [1.807, 2.05) is 11.0 Å². The third-order valence-corrected chi connectivity index (χ3v) is 8.64. The highest BCUT2D eigenvalue weighted by atomic mass is 16.5. The lowest BCUT2D eigenvalue weighted by Crippen LogP contribution is -2.63. The number of ether oxygens (including phenoxy) is 1. The Bertz CT molecular complexity index is 1060. The Labute approximate surface area is 209 Å². The van der Waals surface area contributed by atoms with E-state index in [0.29, 0.717) is 18.4 Å². The lowest BCUT2D eigenvalue weighted by Gasteiger charge is -2.56. The van der Waals surface area contributed by atoms with Crippen LogP contribution >= 0.6 is 0 Å². The number of rotatable bonds is 6. The van der Waals surface area contributed by atoms with Crippen LogP contribution in [0.1, 0.15) is 62.6 Å². The summed E-state index contributed by atoms with van der Waals surface area (Å²) >= 11 is 0. The Balaban J connectivity index is 1.48. The van der Waals surface area contributed by atoms with Gasteiger partial charge in [0.2, 0.25) is 5.91 Å². The number of amides is 1. The van der Waals surface area contributed by atoms with Crippen LogP contribution in [0.4, 0.5) is 5.69 Å². The van der Waals surface area contributed by atoms with E-state index in [4.69, 9.17) is 4.74 Å². The zero-order chi connectivity index (χ0) is 24.8. The summed E-state index contributed by atoms with van der Waals surface area (Å²) in [7, 11) is 2.08. The minimum absolute atomic E-state index is 0.0582. The predicted octanol–water partition coefficient (Wildman–Crippen LogP) is 4.17. The maximum atomic E-state index is 13.4. The van der Waals surface area contributed by atoms with Crippen molar-refractivity contribution in [1.82, 2.24) is 9.88 Å². The van der Waals surface area contributed by atoms with Gasteiger partial charge < -0.3 is 19.6 Å². The van der Waals surface area contributed by atoms with Crippen LogP contribution in [0.25, 0.3) is 0 Å². The number of carbonyl (C=O) groups is 1. The van der Waals surface area contributed by atoms with Gasteiger partial charge in [-0.1, -0.05) is 45.0 Å². The molecule has 1 N–H and O–H groups in total. The van der Waals surface area contributed by atoms with E-state index >= 15 is 0 Å². The Morgan fingerprint density at radius 2 is 1.77 bits per heavy atom. The zero-order valence-corrected chi connectivity index (χ0v) is 21.5. The number of hydrogen-bond donors (Lipinski definition) is 1. The second-order valence-electron chi connectivity index (χ2n) is 11.5. The molecular weight excluding hydrogens is 438 g/mol. The van der Waals surface area contributed by atoms with E-state index in [-0.39, 0.29) is 17.2 Å². The molecule has 3 fully saturated rings. The van der Waals surface area contributed by atoms with E-state index < -0.39 is 5.60 Å². The summed E-state index contributed by atoms with van der Waals surface area (Å²) in [6, 6.07) is 10.4. The van der Waals surface area contributed by atoms with Crippen LogP contribution < -0.4 is 4.90 Å². The molecule has 2 atom stereocenters. The molecule has 0 saturated carbocycles. The molecule has 1 amide bonds. The van der Waals surface area contributed by atoms with Gasteiger partial charge in [0.1, 0.15) is 5.60 Å². The maximum Gasteiger partial charge on any atom is 0.230 e. The smallest absolute Gasteiger partial charge is 0.230 e. The summed E-state index contributed by atoms with van der Waals surface area (Å²) in [6.07, 6.45) is 6.34. The molecule has 0 spiro atoms. The fourth-order valence-corrected chi connectivity index (χ4v) is 6.63. The summed E-state index contributed by atoms with van der Waals surface area (Å²) in [4.78, 5) is 22.1. The van der Waals surface area contributed by atoms with E-state index in [9.17, 15) is 9.90 Å². The summed E-state index contributed by atoms with van der Waals surface area (Å²) in [6.45, 7) is 10.3. The van der Waals surface area contributed by atoms with E-state index in [1.165, 1.54) is 5.56 Å². The number of carbonyl (C=O) groups excluding carboxylic acids is 1. The molecule has 35 heavy (non-hydrogen) atoms. The highest BCUT2D eigenvalue weighted by molar-refractivity contribution is 5.97. The van der Waals surface area contributed by atoms with Crippen molar-refractivity contribution in [3.63, 3.8) is 0 Å². The van der Waals surface area contributed by atoms with Crippen molar-refractivity contribution < 1.29 is 14.6 Å². The Morgan fingerprint density at radius 1 is 1.09 bits per heavy atom. The molecule has 4 heterocycles. The lowest BCUT2D eigenvalue weighted by atomic mass is 9.62. The van der Waals surface area contributed by atoms with Gasteiger partial charge in [-0.3, -0.25) is 9.78 Å². The number of aromatic nitrogens is 1. The van der Waals surface area contributed by atoms with E-state index in [2.05, 4.69) is 62.0 Å². The average molecular weight is 478 g/mol.